The van der Waals surface area contributed by atoms with Gasteiger partial charge in [0.05, 0.1) is 6.54 Å². The van der Waals surface area contributed by atoms with Crippen molar-refractivity contribution in [3.8, 4) is 0 Å². The highest BCUT2D eigenvalue weighted by molar-refractivity contribution is 6.30. The number of urea groups is 1. The fraction of sp³-hybridized carbons (Fsp3) is 0.417. The Bertz CT molecular complexity index is 1060. The smallest absolute Gasteiger partial charge is 0.328 e. The maximum atomic E-state index is 13.7. The molecule has 3 heterocycles. The zero-order valence-corrected chi connectivity index (χ0v) is 19.3. The Morgan fingerprint density at radius 3 is 2.62 bits per heavy atom. The number of anilines is 1. The summed E-state index contributed by atoms with van der Waals surface area (Å²) in [5, 5.41) is 4.23. The molecule has 32 heavy (non-hydrogen) atoms. The molecule has 7 nitrogen and oxygen atoms in total. The molecule has 0 saturated carbocycles. The Labute approximate surface area is 193 Å². The number of amides is 3. The third-order valence-corrected chi connectivity index (χ3v) is 6.88. The summed E-state index contributed by atoms with van der Waals surface area (Å²) < 4.78 is 0. The van der Waals surface area contributed by atoms with Crippen LogP contribution in [0.25, 0.3) is 0 Å². The molecule has 3 aliphatic rings. The number of fused-ring (bicyclic) bond motifs is 3. The summed E-state index contributed by atoms with van der Waals surface area (Å²) in [6, 6.07) is 15.0. The number of nitrogens with zero attached hydrogens (tertiary/aromatic N) is 4. The van der Waals surface area contributed by atoms with E-state index in [1.165, 1.54) is 4.90 Å². The number of carbonyl (C=O) groups is 2. The Morgan fingerprint density at radius 1 is 1.09 bits per heavy atom. The third-order valence-electron chi connectivity index (χ3n) is 6.65. The van der Waals surface area contributed by atoms with Gasteiger partial charge in [-0.3, -0.25) is 19.9 Å². The number of halogens is 1. The van der Waals surface area contributed by atoms with Crippen molar-refractivity contribution in [2.45, 2.75) is 38.9 Å². The minimum absolute atomic E-state index is 0.144. The molecule has 0 aliphatic carbocycles. The van der Waals surface area contributed by atoms with E-state index in [4.69, 9.17) is 11.6 Å². The molecule has 8 heteroatoms. The first-order valence-corrected chi connectivity index (χ1v) is 11.4. The molecule has 3 aliphatic heterocycles. The molecule has 5 rings (SSSR count). The first kappa shape index (κ1) is 21.2. The Morgan fingerprint density at radius 2 is 1.88 bits per heavy atom. The average Bonchev–Trinajstić information content (AvgIpc) is 3.14. The van der Waals surface area contributed by atoms with Crippen LogP contribution >= 0.6 is 11.6 Å². The maximum absolute atomic E-state index is 13.7. The van der Waals surface area contributed by atoms with E-state index < -0.39 is 6.04 Å². The van der Waals surface area contributed by atoms with E-state index in [0.29, 0.717) is 10.9 Å². The first-order valence-electron chi connectivity index (χ1n) is 11.0. The van der Waals surface area contributed by atoms with Gasteiger partial charge in [-0.05, 0) is 36.6 Å². The predicted octanol–water partition coefficient (Wildman–Crippen LogP) is 3.08. The number of imide groups is 1. The van der Waals surface area contributed by atoms with Crippen LogP contribution in [0.15, 0.2) is 48.5 Å². The van der Waals surface area contributed by atoms with Gasteiger partial charge in [-0.15, -0.1) is 0 Å². The lowest BCUT2D eigenvalue weighted by Gasteiger charge is -2.46. The lowest BCUT2D eigenvalue weighted by atomic mass is 10.0. The fourth-order valence-corrected chi connectivity index (χ4v) is 5.40. The van der Waals surface area contributed by atoms with Crippen molar-refractivity contribution in [2.24, 2.45) is 5.92 Å². The van der Waals surface area contributed by atoms with Gasteiger partial charge in [0.1, 0.15) is 18.5 Å². The normalized spacial score (nSPS) is 28.2. The number of nitrogens with one attached hydrogen (secondary N) is 1. The van der Waals surface area contributed by atoms with Crippen molar-refractivity contribution in [3.63, 3.8) is 0 Å². The van der Waals surface area contributed by atoms with Crippen molar-refractivity contribution in [3.05, 3.63) is 64.7 Å². The van der Waals surface area contributed by atoms with Crippen molar-refractivity contribution < 1.29 is 9.59 Å². The largest absolute Gasteiger partial charge is 0.343 e. The molecule has 4 unspecified atom stereocenters. The van der Waals surface area contributed by atoms with Gasteiger partial charge in [0.15, 0.2) is 0 Å². The number of hydrogen-bond acceptors (Lipinski definition) is 5. The van der Waals surface area contributed by atoms with E-state index in [0.717, 1.165) is 29.9 Å². The van der Waals surface area contributed by atoms with Gasteiger partial charge in [-0.1, -0.05) is 54.4 Å². The highest BCUT2D eigenvalue weighted by Crippen LogP contribution is 2.35. The lowest BCUT2D eigenvalue weighted by Crippen LogP contribution is -2.66. The summed E-state index contributed by atoms with van der Waals surface area (Å²) >= 11 is 6.26. The summed E-state index contributed by atoms with van der Waals surface area (Å²) in [4.78, 5) is 34.4. The molecule has 1 N–H and O–H groups in total. The van der Waals surface area contributed by atoms with Gasteiger partial charge < -0.3 is 9.80 Å². The molecule has 3 amide bonds. The van der Waals surface area contributed by atoms with Gasteiger partial charge in [-0.25, -0.2) is 4.79 Å². The molecule has 0 spiro atoms. The molecule has 2 aromatic rings. The summed E-state index contributed by atoms with van der Waals surface area (Å²) in [6.45, 7) is 6.10. The minimum Gasteiger partial charge on any atom is -0.343 e. The zero-order chi connectivity index (χ0) is 22.6. The van der Waals surface area contributed by atoms with Crippen LogP contribution in [-0.2, 0) is 11.3 Å². The molecule has 4 atom stereocenters. The van der Waals surface area contributed by atoms with Crippen LogP contribution in [0.2, 0.25) is 5.02 Å². The topological polar surface area (TPSA) is 59.1 Å². The molecule has 0 bridgehead atoms. The van der Waals surface area contributed by atoms with Crippen molar-refractivity contribution in [1.29, 1.82) is 0 Å². The Kier molecular flexibility index (Phi) is 5.35. The standard InChI is InChI=1S/C24H28ClN5O2/c1-15-6-4-7-17(10-15)14-30-22(31)20-21(27(3)24(30)32)26-23-28(12-16(2)13-29(20)23)19-9-5-8-18(25)11-19/h4-11,16,20-21,23,26H,12-14H2,1-3H3. The number of hydrogen-bond donors (Lipinski definition) is 1. The lowest BCUT2D eigenvalue weighted by molar-refractivity contribution is -0.139. The van der Waals surface area contributed by atoms with E-state index in [1.54, 1.807) is 11.9 Å². The van der Waals surface area contributed by atoms with E-state index >= 15 is 0 Å². The summed E-state index contributed by atoms with van der Waals surface area (Å²) in [5.41, 5.74) is 3.06. The summed E-state index contributed by atoms with van der Waals surface area (Å²) in [7, 11) is 1.77. The second kappa shape index (κ2) is 8.06. The van der Waals surface area contributed by atoms with Gasteiger partial charge in [0.25, 0.3) is 5.91 Å². The maximum Gasteiger partial charge on any atom is 0.328 e. The van der Waals surface area contributed by atoms with Crippen LogP contribution in [0.5, 0.6) is 0 Å². The second-order valence-corrected chi connectivity index (χ2v) is 9.61. The van der Waals surface area contributed by atoms with Crippen molar-refractivity contribution in [2.75, 3.05) is 25.0 Å². The quantitative estimate of drug-likeness (QED) is 0.774. The molecule has 0 aromatic heterocycles. The minimum atomic E-state index is -0.433. The highest BCUT2D eigenvalue weighted by atomic mass is 35.5. The average molecular weight is 454 g/mol. The van der Waals surface area contributed by atoms with Crippen LogP contribution in [0.1, 0.15) is 18.1 Å². The fourth-order valence-electron chi connectivity index (χ4n) is 5.21. The molecular weight excluding hydrogens is 426 g/mol. The van der Waals surface area contributed by atoms with Gasteiger partial charge in [0.2, 0.25) is 0 Å². The van der Waals surface area contributed by atoms with Crippen LogP contribution in [0.3, 0.4) is 0 Å². The Hall–Kier alpha value is -2.61. The monoisotopic (exact) mass is 453 g/mol. The zero-order valence-electron chi connectivity index (χ0n) is 18.5. The van der Waals surface area contributed by atoms with E-state index in [1.807, 2.05) is 55.5 Å². The van der Waals surface area contributed by atoms with Crippen LogP contribution in [0.4, 0.5) is 10.5 Å². The number of carbonyl (C=O) groups excluding carboxylic acids is 2. The predicted molar refractivity (Wildman–Crippen MR) is 124 cm³/mol. The highest BCUT2D eigenvalue weighted by Gasteiger charge is 2.56. The molecule has 168 valence electrons. The molecule has 3 fully saturated rings. The van der Waals surface area contributed by atoms with E-state index in [-0.39, 0.29) is 30.9 Å². The van der Waals surface area contributed by atoms with Crippen LogP contribution < -0.4 is 10.2 Å². The van der Waals surface area contributed by atoms with Crippen molar-refractivity contribution in [1.82, 2.24) is 20.0 Å². The van der Waals surface area contributed by atoms with Gasteiger partial charge in [-0.2, -0.15) is 0 Å². The van der Waals surface area contributed by atoms with Crippen LogP contribution in [0, 0.1) is 12.8 Å². The first-order chi connectivity index (χ1) is 15.3. The second-order valence-electron chi connectivity index (χ2n) is 9.17. The molecule has 3 saturated heterocycles. The molecule has 0 radical (unpaired) electrons. The summed E-state index contributed by atoms with van der Waals surface area (Å²) in [6.07, 6.45) is -0.557. The third kappa shape index (κ3) is 3.54. The van der Waals surface area contributed by atoms with E-state index in [2.05, 4.69) is 22.0 Å². The van der Waals surface area contributed by atoms with E-state index in [9.17, 15) is 9.59 Å². The number of benzene rings is 2. The molecule has 2 aromatic carbocycles. The van der Waals surface area contributed by atoms with Crippen LogP contribution in [-0.4, -0.2) is 65.3 Å². The summed E-state index contributed by atoms with van der Waals surface area (Å²) in [5.74, 6) is 0.210. The molecular formula is C24H28ClN5O2. The number of aryl methyl sites for hydroxylation is 1. The Balaban J connectivity index is 1.46. The van der Waals surface area contributed by atoms with Gasteiger partial charge >= 0.3 is 6.03 Å². The SMILES string of the molecule is Cc1cccc(CN2C(=O)C3C(NC4N(c5cccc(Cl)c5)CC(C)CN34)N(C)C2=O)c1. The number of rotatable bonds is 3. The van der Waals surface area contributed by atoms with Gasteiger partial charge in [0, 0.05) is 30.8 Å². The number of likely N-dealkylation sites (N-methyl/N-ethyl adjacent to an activating group) is 1. The van der Waals surface area contributed by atoms with Crippen molar-refractivity contribution >= 4 is 29.2 Å².